The molecular weight excluding hydrogens is 141 g/mol. The minimum absolute atomic E-state index is 0.359. The van der Waals surface area contributed by atoms with Crippen molar-refractivity contribution in [3.63, 3.8) is 0 Å². The SMILES string of the molecule is N#Cc1ccccc1O[B]O. The number of nitriles is 1. The summed E-state index contributed by atoms with van der Waals surface area (Å²) in [5.41, 5.74) is 0.401. The summed E-state index contributed by atoms with van der Waals surface area (Å²) < 4.78 is 4.64. The van der Waals surface area contributed by atoms with Gasteiger partial charge in [0.25, 0.3) is 0 Å². The largest absolute Gasteiger partial charge is 0.569 e. The van der Waals surface area contributed by atoms with Gasteiger partial charge < -0.3 is 9.68 Å². The van der Waals surface area contributed by atoms with E-state index in [0.29, 0.717) is 19.0 Å². The van der Waals surface area contributed by atoms with Crippen molar-refractivity contribution in [3.05, 3.63) is 29.8 Å². The fourth-order valence-electron chi connectivity index (χ4n) is 0.719. The normalized spacial score (nSPS) is 8.36. The maximum Gasteiger partial charge on any atom is 0.569 e. The molecule has 0 saturated carbocycles. The van der Waals surface area contributed by atoms with E-state index in [1.54, 1.807) is 24.3 Å². The second-order valence-electron chi connectivity index (χ2n) is 1.83. The molecule has 1 aromatic carbocycles. The van der Waals surface area contributed by atoms with E-state index in [4.69, 9.17) is 10.3 Å². The lowest BCUT2D eigenvalue weighted by molar-refractivity contribution is 0.453. The van der Waals surface area contributed by atoms with Gasteiger partial charge in [0.05, 0.1) is 5.56 Å². The molecular formula is C7H5BNO2. The first-order chi connectivity index (χ1) is 5.38. The number of para-hydroxylation sites is 1. The average molecular weight is 146 g/mol. The molecule has 1 aromatic rings. The van der Waals surface area contributed by atoms with Crippen LogP contribution in [0.2, 0.25) is 0 Å². The predicted molar refractivity (Wildman–Crippen MR) is 39.8 cm³/mol. The van der Waals surface area contributed by atoms with Crippen molar-refractivity contribution >= 4 is 7.69 Å². The third-order valence-corrected chi connectivity index (χ3v) is 1.19. The van der Waals surface area contributed by atoms with Gasteiger partial charge in [-0.1, -0.05) is 12.1 Å². The predicted octanol–water partition coefficient (Wildman–Crippen LogP) is 0.464. The molecule has 4 heteroatoms. The molecule has 3 nitrogen and oxygen atoms in total. The fourth-order valence-corrected chi connectivity index (χ4v) is 0.719. The Morgan fingerprint density at radius 1 is 1.45 bits per heavy atom. The Labute approximate surface area is 65.2 Å². The first kappa shape index (κ1) is 7.64. The third kappa shape index (κ3) is 1.73. The second-order valence-corrected chi connectivity index (χ2v) is 1.83. The number of nitrogens with zero attached hydrogens (tertiary/aromatic N) is 1. The van der Waals surface area contributed by atoms with Gasteiger partial charge in [-0.05, 0) is 12.1 Å². The standard InChI is InChI=1S/C7H5BNO2/c9-5-6-3-1-2-4-7(6)11-8-10/h1-4,10H. The summed E-state index contributed by atoms with van der Waals surface area (Å²) in [6.07, 6.45) is 0. The van der Waals surface area contributed by atoms with Crippen molar-refractivity contribution < 1.29 is 9.68 Å². The molecule has 0 aliphatic rings. The van der Waals surface area contributed by atoms with Crippen LogP contribution in [0, 0.1) is 11.3 Å². The molecule has 0 heterocycles. The van der Waals surface area contributed by atoms with Gasteiger partial charge in [0.1, 0.15) is 11.8 Å². The molecule has 0 aliphatic carbocycles. The Kier molecular flexibility index (Phi) is 2.53. The van der Waals surface area contributed by atoms with Gasteiger partial charge >= 0.3 is 7.69 Å². The van der Waals surface area contributed by atoms with Gasteiger partial charge in [-0.15, -0.1) is 0 Å². The maximum absolute atomic E-state index is 8.52. The molecule has 0 atom stereocenters. The van der Waals surface area contributed by atoms with Gasteiger partial charge in [0, 0.05) is 0 Å². The molecule has 0 amide bonds. The zero-order chi connectivity index (χ0) is 8.10. The summed E-state index contributed by atoms with van der Waals surface area (Å²) in [6, 6.07) is 8.58. The molecule has 11 heavy (non-hydrogen) atoms. The van der Waals surface area contributed by atoms with Crippen LogP contribution in [0.15, 0.2) is 24.3 Å². The van der Waals surface area contributed by atoms with Gasteiger partial charge in [-0.3, -0.25) is 0 Å². The van der Waals surface area contributed by atoms with E-state index < -0.39 is 0 Å². The number of rotatable bonds is 2. The molecule has 0 bridgehead atoms. The second kappa shape index (κ2) is 3.64. The maximum atomic E-state index is 8.52. The van der Waals surface area contributed by atoms with Crippen LogP contribution in [0.3, 0.4) is 0 Å². The van der Waals surface area contributed by atoms with Crippen molar-refractivity contribution in [1.29, 1.82) is 5.26 Å². The van der Waals surface area contributed by atoms with Gasteiger partial charge in [0.2, 0.25) is 0 Å². The zero-order valence-electron chi connectivity index (χ0n) is 5.69. The van der Waals surface area contributed by atoms with E-state index >= 15 is 0 Å². The molecule has 1 radical (unpaired) electrons. The molecule has 0 saturated heterocycles. The van der Waals surface area contributed by atoms with Gasteiger partial charge in [-0.2, -0.15) is 5.26 Å². The van der Waals surface area contributed by atoms with E-state index in [1.165, 1.54) is 0 Å². The molecule has 0 aliphatic heterocycles. The lowest BCUT2D eigenvalue weighted by Gasteiger charge is -2.01. The number of benzene rings is 1. The van der Waals surface area contributed by atoms with Crippen molar-refractivity contribution in [2.75, 3.05) is 0 Å². The molecule has 0 unspecified atom stereocenters. The summed E-state index contributed by atoms with van der Waals surface area (Å²) >= 11 is 0. The van der Waals surface area contributed by atoms with Crippen LogP contribution < -0.4 is 4.65 Å². The highest BCUT2D eigenvalue weighted by molar-refractivity contribution is 6.17. The molecule has 0 fully saturated rings. The van der Waals surface area contributed by atoms with Crippen molar-refractivity contribution in [3.8, 4) is 11.8 Å². The first-order valence-electron chi connectivity index (χ1n) is 3.00. The number of hydrogen-bond donors (Lipinski definition) is 1. The highest BCUT2D eigenvalue weighted by Crippen LogP contribution is 2.15. The Bertz CT molecular complexity index is 282. The Morgan fingerprint density at radius 2 is 2.18 bits per heavy atom. The summed E-state index contributed by atoms with van der Waals surface area (Å²) in [5.74, 6) is 0.359. The lowest BCUT2D eigenvalue weighted by Crippen LogP contribution is -2.00. The van der Waals surface area contributed by atoms with E-state index in [2.05, 4.69) is 4.65 Å². The zero-order valence-corrected chi connectivity index (χ0v) is 5.69. The topological polar surface area (TPSA) is 53.2 Å². The van der Waals surface area contributed by atoms with Crippen LogP contribution in [-0.4, -0.2) is 12.7 Å². The van der Waals surface area contributed by atoms with Crippen molar-refractivity contribution in [2.45, 2.75) is 0 Å². The fraction of sp³-hybridized carbons (Fsp3) is 0. The lowest BCUT2D eigenvalue weighted by atomic mass is 10.2. The van der Waals surface area contributed by atoms with E-state index in [-0.39, 0.29) is 0 Å². The molecule has 0 spiro atoms. The van der Waals surface area contributed by atoms with Crippen molar-refractivity contribution in [1.82, 2.24) is 0 Å². The summed E-state index contributed by atoms with van der Waals surface area (Å²) in [7, 11) is 0.552. The summed E-state index contributed by atoms with van der Waals surface area (Å²) in [5, 5.41) is 16.8. The monoisotopic (exact) mass is 146 g/mol. The highest BCUT2D eigenvalue weighted by Gasteiger charge is 2.00. The molecule has 0 aromatic heterocycles. The minimum atomic E-state index is 0.359. The van der Waals surface area contributed by atoms with E-state index in [1.807, 2.05) is 6.07 Å². The van der Waals surface area contributed by atoms with E-state index in [9.17, 15) is 0 Å². The smallest absolute Gasteiger partial charge is 0.536 e. The summed E-state index contributed by atoms with van der Waals surface area (Å²) in [6.45, 7) is 0. The Morgan fingerprint density at radius 3 is 2.82 bits per heavy atom. The average Bonchev–Trinajstić information content (AvgIpc) is 2.06. The van der Waals surface area contributed by atoms with Crippen LogP contribution in [0.5, 0.6) is 5.75 Å². The molecule has 1 N–H and O–H groups in total. The number of hydrogen-bond acceptors (Lipinski definition) is 3. The van der Waals surface area contributed by atoms with Crippen LogP contribution in [0.1, 0.15) is 5.56 Å². The van der Waals surface area contributed by atoms with E-state index in [0.717, 1.165) is 0 Å². The Balaban J connectivity index is 2.95. The molecule has 53 valence electrons. The quantitative estimate of drug-likeness (QED) is 0.616. The molecule has 1 rings (SSSR count). The van der Waals surface area contributed by atoms with Crippen LogP contribution >= 0.6 is 0 Å². The van der Waals surface area contributed by atoms with Crippen LogP contribution in [0.4, 0.5) is 0 Å². The Hall–Kier alpha value is -1.47. The van der Waals surface area contributed by atoms with Gasteiger partial charge in [-0.25, -0.2) is 0 Å². The minimum Gasteiger partial charge on any atom is -0.536 e. The van der Waals surface area contributed by atoms with Gasteiger partial charge in [0.15, 0.2) is 0 Å². The first-order valence-corrected chi connectivity index (χ1v) is 3.00. The highest BCUT2D eigenvalue weighted by atomic mass is 16.5. The van der Waals surface area contributed by atoms with Crippen LogP contribution in [-0.2, 0) is 0 Å². The van der Waals surface area contributed by atoms with Crippen LogP contribution in [0.25, 0.3) is 0 Å². The van der Waals surface area contributed by atoms with Crippen molar-refractivity contribution in [2.24, 2.45) is 0 Å². The summed E-state index contributed by atoms with van der Waals surface area (Å²) in [4.78, 5) is 0. The third-order valence-electron chi connectivity index (χ3n) is 1.19.